The third-order valence-corrected chi connectivity index (χ3v) is 5.57. The number of Topliss-reactive ketones (excluding diaryl/α,β-unsaturated/α-hetero) is 1. The van der Waals surface area contributed by atoms with E-state index in [9.17, 15) is 9.90 Å². The summed E-state index contributed by atoms with van der Waals surface area (Å²) in [4.78, 5) is 17.4. The molecule has 4 heteroatoms. The summed E-state index contributed by atoms with van der Waals surface area (Å²) in [6, 6.07) is 8.86. The molecular weight excluding hydrogens is 300 g/mol. The van der Waals surface area contributed by atoms with Gasteiger partial charge in [0.2, 0.25) is 0 Å². The number of rotatable bonds is 2. The van der Waals surface area contributed by atoms with Crippen LogP contribution in [0, 0.1) is 6.92 Å². The van der Waals surface area contributed by atoms with Gasteiger partial charge in [-0.2, -0.15) is 0 Å². The fraction of sp³-hybridized carbons (Fsp3) is 0.500. The Bertz CT molecular complexity index is 718. The van der Waals surface area contributed by atoms with Gasteiger partial charge in [0.05, 0.1) is 11.6 Å². The normalized spacial score (nSPS) is 30.0. The van der Waals surface area contributed by atoms with Gasteiger partial charge in [0.1, 0.15) is 11.6 Å². The maximum atomic E-state index is 12.7. The number of aliphatic hydroxyl groups excluding tert-OH is 1. The predicted molar refractivity (Wildman–Crippen MR) is 94.4 cm³/mol. The van der Waals surface area contributed by atoms with Crippen molar-refractivity contribution in [3.8, 4) is 0 Å². The Morgan fingerprint density at radius 2 is 1.88 bits per heavy atom. The molecule has 0 bridgehead atoms. The Kier molecular flexibility index (Phi) is 3.91. The molecule has 1 fully saturated rings. The number of amidine groups is 1. The highest BCUT2D eigenvalue weighted by molar-refractivity contribution is 6.23. The van der Waals surface area contributed by atoms with E-state index in [1.165, 1.54) is 18.4 Å². The van der Waals surface area contributed by atoms with Crippen molar-refractivity contribution in [1.29, 1.82) is 0 Å². The van der Waals surface area contributed by atoms with E-state index >= 15 is 0 Å². The Balaban J connectivity index is 1.57. The fourth-order valence-corrected chi connectivity index (χ4v) is 4.19. The number of nitrogens with zero attached hydrogens (tertiary/aromatic N) is 1. The molecule has 4 nitrogen and oxygen atoms in total. The highest BCUT2D eigenvalue weighted by Crippen LogP contribution is 2.35. The lowest BCUT2D eigenvalue weighted by molar-refractivity contribution is -0.116. The van der Waals surface area contributed by atoms with Gasteiger partial charge in [-0.1, -0.05) is 42.7 Å². The third kappa shape index (κ3) is 2.74. The summed E-state index contributed by atoms with van der Waals surface area (Å²) in [5, 5.41) is 14.0. The van der Waals surface area contributed by atoms with Crippen LogP contribution in [0.1, 0.15) is 55.6 Å². The van der Waals surface area contributed by atoms with Gasteiger partial charge in [-0.3, -0.25) is 9.79 Å². The van der Waals surface area contributed by atoms with Crippen LogP contribution in [0.3, 0.4) is 0 Å². The first-order chi connectivity index (χ1) is 11.6. The van der Waals surface area contributed by atoms with E-state index in [2.05, 4.69) is 36.5 Å². The molecule has 0 spiro atoms. The zero-order valence-corrected chi connectivity index (χ0v) is 14.1. The van der Waals surface area contributed by atoms with Crippen LogP contribution in [-0.2, 0) is 4.79 Å². The van der Waals surface area contributed by atoms with Gasteiger partial charge in [0.15, 0.2) is 5.78 Å². The highest BCUT2D eigenvalue weighted by Gasteiger charge is 2.37. The second-order valence-corrected chi connectivity index (χ2v) is 7.34. The molecule has 126 valence electrons. The first-order valence-corrected chi connectivity index (χ1v) is 8.98. The van der Waals surface area contributed by atoms with Crippen LogP contribution in [0.25, 0.3) is 0 Å². The van der Waals surface area contributed by atoms with Gasteiger partial charge in [-0.15, -0.1) is 0 Å². The monoisotopic (exact) mass is 324 g/mol. The van der Waals surface area contributed by atoms with Crippen molar-refractivity contribution in [2.45, 2.75) is 63.5 Å². The van der Waals surface area contributed by atoms with Crippen molar-refractivity contribution in [2.24, 2.45) is 4.99 Å². The molecule has 2 aliphatic carbocycles. The summed E-state index contributed by atoms with van der Waals surface area (Å²) < 4.78 is 0. The van der Waals surface area contributed by atoms with Crippen LogP contribution in [0.4, 0.5) is 0 Å². The van der Waals surface area contributed by atoms with Crippen molar-refractivity contribution in [3.63, 3.8) is 0 Å². The van der Waals surface area contributed by atoms with Crippen LogP contribution in [0.2, 0.25) is 0 Å². The molecule has 1 aromatic rings. The Morgan fingerprint density at radius 3 is 2.58 bits per heavy atom. The van der Waals surface area contributed by atoms with Crippen LogP contribution >= 0.6 is 0 Å². The number of aryl methyl sites for hydroxylation is 1. The Morgan fingerprint density at radius 1 is 1.12 bits per heavy atom. The molecular formula is C20H24N2O2. The van der Waals surface area contributed by atoms with E-state index in [1.54, 1.807) is 0 Å². The highest BCUT2D eigenvalue weighted by atomic mass is 16.3. The van der Waals surface area contributed by atoms with Gasteiger partial charge >= 0.3 is 0 Å². The molecule has 0 aromatic heterocycles. The van der Waals surface area contributed by atoms with Gasteiger partial charge in [-0.05, 0) is 31.2 Å². The van der Waals surface area contributed by atoms with E-state index in [1.807, 2.05) is 0 Å². The van der Waals surface area contributed by atoms with E-state index in [-0.39, 0.29) is 23.5 Å². The third-order valence-electron chi connectivity index (χ3n) is 5.57. The number of nitrogens with one attached hydrogen (secondary N) is 1. The Labute approximate surface area is 142 Å². The van der Waals surface area contributed by atoms with Crippen molar-refractivity contribution >= 4 is 11.6 Å². The molecule has 1 heterocycles. The summed E-state index contributed by atoms with van der Waals surface area (Å²) in [7, 11) is 0. The van der Waals surface area contributed by atoms with Crippen LogP contribution < -0.4 is 5.32 Å². The van der Waals surface area contributed by atoms with Crippen LogP contribution in [0.15, 0.2) is 40.6 Å². The SMILES string of the molecule is Cc1ccc(C2CC(=O)C(C3=N[C@H]4CCCC[C@H]4N3)=C(O)C2)cc1. The number of fused-ring (bicyclic) bond motifs is 1. The van der Waals surface area contributed by atoms with Crippen molar-refractivity contribution in [1.82, 2.24) is 5.32 Å². The zero-order valence-electron chi connectivity index (χ0n) is 14.1. The lowest BCUT2D eigenvalue weighted by Gasteiger charge is -2.25. The summed E-state index contributed by atoms with van der Waals surface area (Å²) in [6.07, 6.45) is 5.56. The average Bonchev–Trinajstić information content (AvgIpc) is 2.98. The van der Waals surface area contributed by atoms with Gasteiger partial charge in [0.25, 0.3) is 0 Å². The smallest absolute Gasteiger partial charge is 0.170 e. The molecule has 24 heavy (non-hydrogen) atoms. The minimum Gasteiger partial charge on any atom is -0.511 e. The molecule has 0 radical (unpaired) electrons. The number of carbonyl (C=O) groups excluding carboxylic acids is 1. The number of ketones is 1. The predicted octanol–water partition coefficient (Wildman–Crippen LogP) is 3.57. The maximum absolute atomic E-state index is 12.7. The maximum Gasteiger partial charge on any atom is 0.170 e. The summed E-state index contributed by atoms with van der Waals surface area (Å²) in [5.41, 5.74) is 2.76. The molecule has 1 unspecified atom stereocenters. The number of hydrogen-bond donors (Lipinski definition) is 2. The lowest BCUT2D eigenvalue weighted by atomic mass is 9.82. The molecule has 1 saturated carbocycles. The summed E-state index contributed by atoms with van der Waals surface area (Å²) >= 11 is 0. The van der Waals surface area contributed by atoms with Crippen molar-refractivity contribution < 1.29 is 9.90 Å². The number of benzene rings is 1. The second-order valence-electron chi connectivity index (χ2n) is 7.34. The largest absolute Gasteiger partial charge is 0.511 e. The minimum absolute atomic E-state index is 0.00854. The number of hydrogen-bond acceptors (Lipinski definition) is 4. The standard InChI is InChI=1S/C20H24N2O2/c1-12-6-8-13(9-7-12)14-10-17(23)19(18(24)11-14)20-21-15-4-2-3-5-16(15)22-20/h6-9,14-16,23H,2-5,10-11H2,1H3,(H,21,22)/t14?,15-,16+. The lowest BCUT2D eigenvalue weighted by Crippen LogP contribution is -2.39. The molecule has 0 amide bonds. The van der Waals surface area contributed by atoms with Crippen molar-refractivity contribution in [2.75, 3.05) is 0 Å². The molecule has 1 aromatic carbocycles. The zero-order chi connectivity index (χ0) is 16.7. The van der Waals surface area contributed by atoms with E-state index in [0.29, 0.717) is 30.3 Å². The number of allylic oxidation sites excluding steroid dienone is 1. The first kappa shape index (κ1) is 15.4. The number of aliphatic imine (C=N–C) groups is 1. The fourth-order valence-electron chi connectivity index (χ4n) is 4.19. The van der Waals surface area contributed by atoms with Gasteiger partial charge in [-0.25, -0.2) is 0 Å². The quantitative estimate of drug-likeness (QED) is 0.874. The molecule has 0 saturated heterocycles. The second kappa shape index (κ2) is 6.08. The molecule has 3 aliphatic rings. The number of aliphatic hydroxyl groups is 1. The van der Waals surface area contributed by atoms with E-state index in [4.69, 9.17) is 4.99 Å². The minimum atomic E-state index is 0.00854. The first-order valence-electron chi connectivity index (χ1n) is 8.98. The molecule has 1 aliphatic heterocycles. The molecule has 4 rings (SSSR count). The molecule has 2 N–H and O–H groups in total. The topological polar surface area (TPSA) is 61.7 Å². The summed E-state index contributed by atoms with van der Waals surface area (Å²) in [6.45, 7) is 2.05. The van der Waals surface area contributed by atoms with Gasteiger partial charge in [0, 0.05) is 18.9 Å². The van der Waals surface area contributed by atoms with Crippen LogP contribution in [0.5, 0.6) is 0 Å². The Hall–Kier alpha value is -2.10. The number of carbonyl (C=O) groups is 1. The van der Waals surface area contributed by atoms with Crippen LogP contribution in [-0.4, -0.2) is 28.8 Å². The van der Waals surface area contributed by atoms with E-state index < -0.39 is 0 Å². The van der Waals surface area contributed by atoms with Crippen molar-refractivity contribution in [3.05, 3.63) is 46.7 Å². The van der Waals surface area contributed by atoms with E-state index in [0.717, 1.165) is 18.4 Å². The molecule has 3 atom stereocenters. The summed E-state index contributed by atoms with van der Waals surface area (Å²) in [5.74, 6) is 0.902. The van der Waals surface area contributed by atoms with Gasteiger partial charge < -0.3 is 10.4 Å². The average molecular weight is 324 g/mol.